The minimum absolute atomic E-state index is 0.349. The van der Waals surface area contributed by atoms with Crippen molar-refractivity contribution in [1.82, 2.24) is 14.5 Å². The topological polar surface area (TPSA) is 63.8 Å². The van der Waals surface area contributed by atoms with Crippen LogP contribution >= 0.6 is 0 Å². The molecule has 3 rings (SSSR count). The van der Waals surface area contributed by atoms with Crippen molar-refractivity contribution in [3.63, 3.8) is 0 Å². The number of aryl methyl sites for hydroxylation is 2. The summed E-state index contributed by atoms with van der Waals surface area (Å²) < 4.78 is 6.56. The number of oxazole rings is 1. The molecular formula is C12H11N3O2. The van der Waals surface area contributed by atoms with E-state index < -0.39 is 0 Å². The van der Waals surface area contributed by atoms with Crippen molar-refractivity contribution in [3.8, 4) is 11.3 Å². The van der Waals surface area contributed by atoms with Crippen LogP contribution in [0.1, 0.15) is 5.82 Å². The van der Waals surface area contributed by atoms with Gasteiger partial charge in [-0.25, -0.2) is 9.78 Å². The van der Waals surface area contributed by atoms with Gasteiger partial charge in [-0.2, -0.15) is 0 Å². The molecule has 1 aromatic carbocycles. The Hall–Kier alpha value is -2.30. The van der Waals surface area contributed by atoms with E-state index in [1.807, 2.05) is 19.1 Å². The van der Waals surface area contributed by atoms with Gasteiger partial charge < -0.3 is 9.40 Å². The second-order valence-corrected chi connectivity index (χ2v) is 3.99. The third-order valence-corrected chi connectivity index (χ3v) is 2.81. The van der Waals surface area contributed by atoms with Gasteiger partial charge in [-0.1, -0.05) is 0 Å². The van der Waals surface area contributed by atoms with Crippen LogP contribution in [0.4, 0.5) is 0 Å². The molecule has 0 fully saturated rings. The zero-order valence-electron chi connectivity index (χ0n) is 9.52. The van der Waals surface area contributed by atoms with Crippen LogP contribution in [0.25, 0.3) is 22.4 Å². The van der Waals surface area contributed by atoms with Gasteiger partial charge in [-0.05, 0) is 25.1 Å². The highest BCUT2D eigenvalue weighted by Gasteiger charge is 2.08. The van der Waals surface area contributed by atoms with E-state index in [1.165, 1.54) is 4.57 Å². The summed E-state index contributed by atoms with van der Waals surface area (Å²) in [6.45, 7) is 1.90. The third-order valence-electron chi connectivity index (χ3n) is 2.81. The molecule has 0 saturated heterocycles. The molecule has 0 unspecified atom stereocenters. The number of benzene rings is 1. The van der Waals surface area contributed by atoms with E-state index in [-0.39, 0.29) is 5.76 Å². The van der Waals surface area contributed by atoms with E-state index in [2.05, 4.69) is 9.97 Å². The summed E-state index contributed by atoms with van der Waals surface area (Å²) in [5.41, 5.74) is 3.28. The highest BCUT2D eigenvalue weighted by atomic mass is 16.4. The van der Waals surface area contributed by atoms with E-state index in [4.69, 9.17) is 4.42 Å². The molecule has 0 atom stereocenters. The molecule has 0 bridgehead atoms. The maximum Gasteiger partial charge on any atom is 0.419 e. The summed E-state index contributed by atoms with van der Waals surface area (Å²) in [6, 6.07) is 5.60. The molecule has 0 radical (unpaired) electrons. The van der Waals surface area contributed by atoms with Gasteiger partial charge in [0.2, 0.25) is 0 Å². The smallest absolute Gasteiger partial charge is 0.408 e. The Balaban J connectivity index is 2.25. The van der Waals surface area contributed by atoms with Gasteiger partial charge in [-0.15, -0.1) is 0 Å². The maximum atomic E-state index is 11.4. The average Bonchev–Trinajstić information content (AvgIpc) is 2.85. The molecule has 2 aromatic heterocycles. The Morgan fingerprint density at radius 3 is 2.94 bits per heavy atom. The van der Waals surface area contributed by atoms with Crippen LogP contribution in [0.3, 0.4) is 0 Å². The van der Waals surface area contributed by atoms with Crippen LogP contribution in [-0.2, 0) is 7.05 Å². The number of hydrogen-bond donors (Lipinski definition) is 1. The van der Waals surface area contributed by atoms with Crippen molar-refractivity contribution in [2.75, 3.05) is 0 Å². The zero-order chi connectivity index (χ0) is 12.0. The van der Waals surface area contributed by atoms with Crippen molar-refractivity contribution in [3.05, 3.63) is 40.8 Å². The summed E-state index contributed by atoms with van der Waals surface area (Å²) >= 11 is 0. The van der Waals surface area contributed by atoms with E-state index in [1.54, 1.807) is 19.3 Å². The van der Waals surface area contributed by atoms with E-state index in [9.17, 15) is 4.79 Å². The van der Waals surface area contributed by atoms with Crippen molar-refractivity contribution in [1.29, 1.82) is 0 Å². The number of aromatic nitrogens is 3. The van der Waals surface area contributed by atoms with Crippen molar-refractivity contribution in [2.24, 2.45) is 7.05 Å². The second-order valence-electron chi connectivity index (χ2n) is 3.99. The van der Waals surface area contributed by atoms with Gasteiger partial charge in [0.15, 0.2) is 5.58 Å². The predicted molar refractivity (Wildman–Crippen MR) is 63.8 cm³/mol. The number of rotatable bonds is 1. The van der Waals surface area contributed by atoms with Gasteiger partial charge in [0, 0.05) is 12.6 Å². The van der Waals surface area contributed by atoms with Gasteiger partial charge >= 0.3 is 5.76 Å². The maximum absolute atomic E-state index is 11.4. The normalized spacial score (nSPS) is 11.2. The molecule has 0 aliphatic heterocycles. The summed E-state index contributed by atoms with van der Waals surface area (Å²) in [5, 5.41) is 0. The Bertz CT molecular complexity index is 749. The molecule has 0 amide bonds. The standard InChI is InChI=1S/C12H11N3O2/c1-7-13-6-9(14-7)8-3-4-11-10(5-8)15(2)12(16)17-11/h3-6H,1-2H3,(H,13,14). The van der Waals surface area contributed by atoms with E-state index in [0.29, 0.717) is 5.58 Å². The van der Waals surface area contributed by atoms with Gasteiger partial charge in [0.25, 0.3) is 0 Å². The van der Waals surface area contributed by atoms with Gasteiger partial charge in [-0.3, -0.25) is 4.57 Å². The third kappa shape index (κ3) is 1.47. The van der Waals surface area contributed by atoms with Crippen LogP contribution in [-0.4, -0.2) is 14.5 Å². The lowest BCUT2D eigenvalue weighted by molar-refractivity contribution is 0.528. The predicted octanol–water partition coefficient (Wildman–Crippen LogP) is 1.83. The molecule has 0 aliphatic carbocycles. The van der Waals surface area contributed by atoms with Crippen LogP contribution in [0.5, 0.6) is 0 Å². The van der Waals surface area contributed by atoms with Crippen LogP contribution in [0.15, 0.2) is 33.6 Å². The van der Waals surface area contributed by atoms with Crippen LogP contribution in [0.2, 0.25) is 0 Å². The van der Waals surface area contributed by atoms with E-state index >= 15 is 0 Å². The first-order chi connectivity index (χ1) is 8.15. The lowest BCUT2D eigenvalue weighted by Crippen LogP contribution is -2.08. The first-order valence-corrected chi connectivity index (χ1v) is 5.27. The number of H-pyrrole nitrogens is 1. The fourth-order valence-corrected chi connectivity index (χ4v) is 1.86. The molecule has 3 aromatic rings. The molecule has 86 valence electrons. The molecular weight excluding hydrogens is 218 g/mol. The Morgan fingerprint density at radius 2 is 2.24 bits per heavy atom. The summed E-state index contributed by atoms with van der Waals surface area (Å²) in [4.78, 5) is 18.7. The number of fused-ring (bicyclic) bond motifs is 1. The van der Waals surface area contributed by atoms with Gasteiger partial charge in [0.1, 0.15) is 5.82 Å². The van der Waals surface area contributed by atoms with Gasteiger partial charge in [0.05, 0.1) is 17.4 Å². The lowest BCUT2D eigenvalue weighted by atomic mass is 10.1. The monoisotopic (exact) mass is 229 g/mol. The molecule has 0 aliphatic rings. The minimum Gasteiger partial charge on any atom is -0.408 e. The van der Waals surface area contributed by atoms with Crippen LogP contribution in [0, 0.1) is 6.92 Å². The fourth-order valence-electron chi connectivity index (χ4n) is 1.86. The number of imidazole rings is 1. The lowest BCUT2D eigenvalue weighted by Gasteiger charge is -1.98. The van der Waals surface area contributed by atoms with Crippen molar-refractivity contribution in [2.45, 2.75) is 6.92 Å². The average molecular weight is 229 g/mol. The summed E-state index contributed by atoms with van der Waals surface area (Å²) in [5.74, 6) is 0.513. The van der Waals surface area contributed by atoms with E-state index in [0.717, 1.165) is 22.6 Å². The quantitative estimate of drug-likeness (QED) is 0.692. The van der Waals surface area contributed by atoms with Crippen molar-refractivity contribution < 1.29 is 4.42 Å². The highest BCUT2D eigenvalue weighted by Crippen LogP contribution is 2.22. The largest absolute Gasteiger partial charge is 0.419 e. The highest BCUT2D eigenvalue weighted by molar-refractivity contribution is 5.79. The molecule has 2 heterocycles. The molecule has 0 spiro atoms. The first kappa shape index (κ1) is 9.89. The molecule has 5 nitrogen and oxygen atoms in total. The summed E-state index contributed by atoms with van der Waals surface area (Å²) in [6.07, 6.45) is 1.77. The summed E-state index contributed by atoms with van der Waals surface area (Å²) in [7, 11) is 1.69. The number of nitrogens with one attached hydrogen (secondary N) is 1. The molecule has 5 heteroatoms. The minimum atomic E-state index is -0.349. The molecule has 0 saturated carbocycles. The Labute approximate surface area is 96.7 Å². The number of hydrogen-bond acceptors (Lipinski definition) is 3. The Morgan fingerprint density at radius 1 is 1.41 bits per heavy atom. The zero-order valence-corrected chi connectivity index (χ0v) is 9.52. The number of nitrogens with zero attached hydrogens (tertiary/aromatic N) is 2. The SMILES string of the molecule is Cc1ncc(-c2ccc3oc(=O)n(C)c3c2)[nH]1. The van der Waals surface area contributed by atoms with Crippen LogP contribution < -0.4 is 5.76 Å². The fraction of sp³-hybridized carbons (Fsp3) is 0.167. The Kier molecular flexibility index (Phi) is 1.95. The second kappa shape index (κ2) is 3.35. The molecule has 1 N–H and O–H groups in total. The van der Waals surface area contributed by atoms with Crippen molar-refractivity contribution >= 4 is 11.1 Å². The molecule has 17 heavy (non-hydrogen) atoms. The number of aromatic amines is 1. The first-order valence-electron chi connectivity index (χ1n) is 5.27.